The molecule has 0 spiro atoms. The molecule has 2 aliphatic heterocycles. The van der Waals surface area contributed by atoms with E-state index < -0.39 is 0 Å². The molecular weight excluding hydrogens is 436 g/mol. The lowest BCUT2D eigenvalue weighted by atomic mass is 10.2. The van der Waals surface area contributed by atoms with E-state index in [2.05, 4.69) is 57.6 Å². The zero-order chi connectivity index (χ0) is 22.9. The van der Waals surface area contributed by atoms with Crippen molar-refractivity contribution in [2.75, 3.05) is 74.2 Å². The number of hydrogen-bond acceptors (Lipinski definition) is 6. The second-order valence-corrected chi connectivity index (χ2v) is 9.32. The van der Waals surface area contributed by atoms with Gasteiger partial charge in [-0.3, -0.25) is 14.5 Å². The summed E-state index contributed by atoms with van der Waals surface area (Å²) in [5, 5.41) is 2.93. The Morgan fingerprint density at radius 3 is 2.24 bits per heavy atom. The normalized spacial score (nSPS) is 17.1. The SMILES string of the molecule is O=C(CSCC(=O)N1CCOCC1)Nc1ccc(N2CCN(Cc3ccccc3)CC2)cc1. The number of carbonyl (C=O) groups is 2. The van der Waals surface area contributed by atoms with Gasteiger partial charge in [-0.25, -0.2) is 0 Å². The quantitative estimate of drug-likeness (QED) is 0.642. The van der Waals surface area contributed by atoms with Crippen molar-refractivity contribution in [2.45, 2.75) is 6.54 Å². The first kappa shape index (κ1) is 23.6. The average Bonchev–Trinajstić information content (AvgIpc) is 2.86. The minimum absolute atomic E-state index is 0.0734. The maximum absolute atomic E-state index is 12.3. The molecule has 0 aromatic heterocycles. The fourth-order valence-corrected chi connectivity index (χ4v) is 4.81. The summed E-state index contributed by atoms with van der Waals surface area (Å²) in [5.74, 6) is 0.574. The predicted octanol–water partition coefficient (Wildman–Crippen LogP) is 2.54. The van der Waals surface area contributed by atoms with Crippen LogP contribution in [0, 0.1) is 0 Å². The molecule has 2 heterocycles. The van der Waals surface area contributed by atoms with Crippen molar-refractivity contribution < 1.29 is 14.3 Å². The fraction of sp³-hybridized carbons (Fsp3) is 0.440. The molecule has 2 amide bonds. The Labute approximate surface area is 200 Å². The van der Waals surface area contributed by atoms with Crippen LogP contribution in [0.4, 0.5) is 11.4 Å². The minimum atomic E-state index is -0.0861. The van der Waals surface area contributed by atoms with Gasteiger partial charge in [0.15, 0.2) is 0 Å². The predicted molar refractivity (Wildman–Crippen MR) is 134 cm³/mol. The highest BCUT2D eigenvalue weighted by Gasteiger charge is 2.18. The highest BCUT2D eigenvalue weighted by molar-refractivity contribution is 8.00. The Morgan fingerprint density at radius 2 is 1.55 bits per heavy atom. The van der Waals surface area contributed by atoms with Crippen LogP contribution in [0.3, 0.4) is 0 Å². The van der Waals surface area contributed by atoms with Gasteiger partial charge in [0.25, 0.3) is 0 Å². The highest BCUT2D eigenvalue weighted by Crippen LogP contribution is 2.20. The van der Waals surface area contributed by atoms with Gasteiger partial charge in [-0.15, -0.1) is 11.8 Å². The molecule has 2 aliphatic rings. The smallest absolute Gasteiger partial charge is 0.234 e. The van der Waals surface area contributed by atoms with Crippen molar-refractivity contribution in [3.05, 3.63) is 60.2 Å². The molecule has 2 fully saturated rings. The molecule has 1 N–H and O–H groups in total. The van der Waals surface area contributed by atoms with Gasteiger partial charge in [-0.05, 0) is 29.8 Å². The number of nitrogens with zero attached hydrogens (tertiary/aromatic N) is 3. The van der Waals surface area contributed by atoms with Crippen LogP contribution in [0.1, 0.15) is 5.56 Å². The number of amides is 2. The van der Waals surface area contributed by atoms with Crippen molar-refractivity contribution in [1.82, 2.24) is 9.80 Å². The fourth-order valence-electron chi connectivity index (χ4n) is 4.09. The topological polar surface area (TPSA) is 65.1 Å². The second-order valence-electron chi connectivity index (χ2n) is 8.33. The number of nitrogens with one attached hydrogen (secondary N) is 1. The summed E-state index contributed by atoms with van der Waals surface area (Å²) in [6, 6.07) is 18.6. The van der Waals surface area contributed by atoms with Gasteiger partial charge in [-0.1, -0.05) is 30.3 Å². The molecule has 0 aliphatic carbocycles. The van der Waals surface area contributed by atoms with Gasteiger partial charge in [0, 0.05) is 57.2 Å². The summed E-state index contributed by atoms with van der Waals surface area (Å²) in [5.41, 5.74) is 3.32. The number of piperazine rings is 1. The van der Waals surface area contributed by atoms with Crippen LogP contribution in [-0.2, 0) is 20.9 Å². The van der Waals surface area contributed by atoms with Gasteiger partial charge in [-0.2, -0.15) is 0 Å². The molecule has 0 saturated carbocycles. The minimum Gasteiger partial charge on any atom is -0.378 e. The van der Waals surface area contributed by atoms with Crippen LogP contribution in [0.15, 0.2) is 54.6 Å². The number of rotatable bonds is 8. The molecular formula is C25H32N4O3S. The van der Waals surface area contributed by atoms with Gasteiger partial charge < -0.3 is 19.9 Å². The summed E-state index contributed by atoms with van der Waals surface area (Å²) < 4.78 is 5.26. The molecule has 0 bridgehead atoms. The van der Waals surface area contributed by atoms with E-state index in [4.69, 9.17) is 4.74 Å². The second kappa shape index (κ2) is 12.1. The number of carbonyl (C=O) groups excluding carboxylic acids is 2. The number of hydrogen-bond donors (Lipinski definition) is 1. The van der Waals surface area contributed by atoms with E-state index in [0.717, 1.165) is 38.4 Å². The molecule has 0 atom stereocenters. The molecule has 4 rings (SSSR count). The maximum Gasteiger partial charge on any atom is 0.234 e. The molecule has 2 saturated heterocycles. The maximum atomic E-state index is 12.3. The van der Waals surface area contributed by atoms with E-state index in [0.29, 0.717) is 32.1 Å². The number of ether oxygens (including phenoxy) is 1. The number of morpholine rings is 1. The van der Waals surface area contributed by atoms with Gasteiger partial charge in [0.2, 0.25) is 11.8 Å². The molecule has 2 aromatic carbocycles. The first-order chi connectivity index (χ1) is 16.2. The number of anilines is 2. The molecule has 7 nitrogen and oxygen atoms in total. The van der Waals surface area contributed by atoms with E-state index in [9.17, 15) is 9.59 Å². The van der Waals surface area contributed by atoms with Crippen molar-refractivity contribution in [3.8, 4) is 0 Å². The molecule has 33 heavy (non-hydrogen) atoms. The summed E-state index contributed by atoms with van der Waals surface area (Å²) in [6.45, 7) is 7.52. The lowest BCUT2D eigenvalue weighted by molar-refractivity contribution is -0.132. The lowest BCUT2D eigenvalue weighted by Gasteiger charge is -2.36. The first-order valence-electron chi connectivity index (χ1n) is 11.5. The Hall–Kier alpha value is -2.55. The third kappa shape index (κ3) is 7.22. The van der Waals surface area contributed by atoms with E-state index >= 15 is 0 Å². The zero-order valence-electron chi connectivity index (χ0n) is 18.9. The lowest BCUT2D eigenvalue weighted by Crippen LogP contribution is -2.45. The van der Waals surface area contributed by atoms with E-state index in [1.165, 1.54) is 23.0 Å². The van der Waals surface area contributed by atoms with Crippen molar-refractivity contribution >= 4 is 35.0 Å². The Morgan fingerprint density at radius 1 is 0.848 bits per heavy atom. The first-order valence-corrected chi connectivity index (χ1v) is 12.7. The highest BCUT2D eigenvalue weighted by atomic mass is 32.2. The monoisotopic (exact) mass is 468 g/mol. The molecule has 2 aromatic rings. The Kier molecular flexibility index (Phi) is 8.63. The van der Waals surface area contributed by atoms with Crippen molar-refractivity contribution in [2.24, 2.45) is 0 Å². The van der Waals surface area contributed by atoms with Crippen LogP contribution in [-0.4, -0.2) is 85.6 Å². The van der Waals surface area contributed by atoms with E-state index in [1.54, 1.807) is 4.90 Å². The number of thioether (sulfide) groups is 1. The van der Waals surface area contributed by atoms with Crippen LogP contribution < -0.4 is 10.2 Å². The summed E-state index contributed by atoms with van der Waals surface area (Å²) >= 11 is 1.35. The largest absolute Gasteiger partial charge is 0.378 e. The molecule has 176 valence electrons. The Balaban J connectivity index is 1.16. The zero-order valence-corrected chi connectivity index (χ0v) is 19.8. The van der Waals surface area contributed by atoms with Crippen molar-refractivity contribution in [1.29, 1.82) is 0 Å². The summed E-state index contributed by atoms with van der Waals surface area (Å²) in [7, 11) is 0. The van der Waals surface area contributed by atoms with Gasteiger partial charge >= 0.3 is 0 Å². The van der Waals surface area contributed by atoms with Crippen LogP contribution in [0.2, 0.25) is 0 Å². The van der Waals surface area contributed by atoms with E-state index in [1.807, 2.05) is 12.1 Å². The van der Waals surface area contributed by atoms with Crippen LogP contribution >= 0.6 is 11.8 Å². The molecule has 0 radical (unpaired) electrons. The third-order valence-electron chi connectivity index (χ3n) is 5.96. The Bertz CT molecular complexity index is 896. The summed E-state index contributed by atoms with van der Waals surface area (Å²) in [4.78, 5) is 31.1. The molecule has 0 unspecified atom stereocenters. The van der Waals surface area contributed by atoms with Gasteiger partial charge in [0.05, 0.1) is 24.7 Å². The number of benzene rings is 2. The average molecular weight is 469 g/mol. The van der Waals surface area contributed by atoms with Crippen molar-refractivity contribution in [3.63, 3.8) is 0 Å². The van der Waals surface area contributed by atoms with Gasteiger partial charge in [0.1, 0.15) is 0 Å². The van der Waals surface area contributed by atoms with Crippen LogP contribution in [0.25, 0.3) is 0 Å². The van der Waals surface area contributed by atoms with Crippen LogP contribution in [0.5, 0.6) is 0 Å². The third-order valence-corrected chi connectivity index (χ3v) is 6.88. The van der Waals surface area contributed by atoms with E-state index in [-0.39, 0.29) is 17.6 Å². The molecule has 8 heteroatoms. The standard InChI is InChI=1S/C25H32N4O3S/c30-24(19-33-20-25(31)29-14-16-32-17-15-29)26-22-6-8-23(9-7-22)28-12-10-27(11-13-28)18-21-4-2-1-3-5-21/h1-9H,10-20H2,(H,26,30). The summed E-state index contributed by atoms with van der Waals surface area (Å²) in [6.07, 6.45) is 0.